The molecule has 0 bridgehead atoms. The molecule has 1 amide bonds. The number of anilines is 1. The molecule has 1 aromatic heterocycles. The monoisotopic (exact) mass is 618 g/mol. The zero-order valence-electron chi connectivity index (χ0n) is 24.5. The van der Waals surface area contributed by atoms with Crippen molar-refractivity contribution in [3.8, 4) is 11.1 Å². The van der Waals surface area contributed by atoms with Crippen LogP contribution in [0.25, 0.3) is 22.0 Å². The summed E-state index contributed by atoms with van der Waals surface area (Å²) in [5, 5.41) is 0.879. The van der Waals surface area contributed by atoms with Gasteiger partial charge in [0, 0.05) is 54.9 Å². The number of thioether (sulfide) groups is 1. The lowest BCUT2D eigenvalue weighted by molar-refractivity contribution is 0.0211. The minimum atomic E-state index is -0.577. The second-order valence-electron chi connectivity index (χ2n) is 11.5. The summed E-state index contributed by atoms with van der Waals surface area (Å²) in [5.74, 6) is 0.704. The molecule has 0 N–H and O–H groups in total. The normalized spacial score (nSPS) is 17.5. The number of hydrogen-bond acceptors (Lipinski definition) is 8. The fourth-order valence-electron chi connectivity index (χ4n) is 5.34. The number of carbonyl (C=O) groups excluding carboxylic acids is 1. The molecule has 2 aliphatic rings. The molecular formula is C30H36ClFN4O5S. The summed E-state index contributed by atoms with van der Waals surface area (Å²) in [6.45, 7) is 10.6. The highest BCUT2D eigenvalue weighted by atomic mass is 35.5. The fourth-order valence-corrected chi connectivity index (χ4v) is 6.86. The molecular weight excluding hydrogens is 583 g/mol. The molecule has 0 radical (unpaired) electrons. The maximum Gasteiger partial charge on any atom is 0.410 e. The van der Waals surface area contributed by atoms with Gasteiger partial charge in [-0.05, 0) is 57.0 Å². The van der Waals surface area contributed by atoms with Crippen LogP contribution in [0.4, 0.5) is 15.0 Å². The van der Waals surface area contributed by atoms with Gasteiger partial charge >= 0.3 is 11.8 Å². The third-order valence-corrected chi connectivity index (χ3v) is 8.79. The molecule has 5 rings (SSSR count). The molecule has 3 heterocycles. The molecule has 0 spiro atoms. The first-order chi connectivity index (χ1) is 20.0. The number of aromatic nitrogens is 2. The van der Waals surface area contributed by atoms with Crippen LogP contribution in [-0.4, -0.2) is 84.5 Å². The van der Waals surface area contributed by atoms with Gasteiger partial charge in [0.05, 0.1) is 36.4 Å². The van der Waals surface area contributed by atoms with E-state index in [0.29, 0.717) is 57.5 Å². The number of carbonyl (C=O) groups is 1. The maximum absolute atomic E-state index is 14.1. The van der Waals surface area contributed by atoms with Gasteiger partial charge in [-0.15, -0.1) is 11.8 Å². The number of nitrogens with zero attached hydrogens (tertiary/aromatic N) is 4. The molecule has 1 saturated heterocycles. The maximum atomic E-state index is 14.1. The Kier molecular flexibility index (Phi) is 9.03. The number of hydrogen-bond donors (Lipinski definition) is 0. The van der Waals surface area contributed by atoms with Crippen molar-refractivity contribution in [3.05, 3.63) is 51.2 Å². The second-order valence-corrected chi connectivity index (χ2v) is 12.9. The molecule has 2 aromatic carbocycles. The van der Waals surface area contributed by atoms with Gasteiger partial charge in [-0.25, -0.2) is 14.0 Å². The highest BCUT2D eigenvalue weighted by molar-refractivity contribution is 7.99. The van der Waals surface area contributed by atoms with Gasteiger partial charge in [-0.2, -0.15) is 4.98 Å². The summed E-state index contributed by atoms with van der Waals surface area (Å²) in [4.78, 5) is 35.6. The average Bonchev–Trinajstić information content (AvgIpc) is 3.12. The van der Waals surface area contributed by atoms with E-state index in [-0.39, 0.29) is 22.9 Å². The van der Waals surface area contributed by atoms with E-state index < -0.39 is 11.4 Å². The van der Waals surface area contributed by atoms with Crippen LogP contribution in [0.15, 0.2) is 34.0 Å². The summed E-state index contributed by atoms with van der Waals surface area (Å²) in [7, 11) is 1.62. The SMILES string of the molecule is COCCO[C@@H]1CSc2c(-c3ccc(F)c(Cl)c3)c(C)cc3c(N4CCN(C(=O)OC(C)(C)C)CC4)nc(=O)n(c23)C1. The Morgan fingerprint density at radius 2 is 1.90 bits per heavy atom. The summed E-state index contributed by atoms with van der Waals surface area (Å²) in [6.07, 6.45) is -0.591. The molecule has 12 heteroatoms. The number of amides is 1. The van der Waals surface area contributed by atoms with Crippen LogP contribution in [0.3, 0.4) is 0 Å². The molecule has 226 valence electrons. The average molecular weight is 619 g/mol. The summed E-state index contributed by atoms with van der Waals surface area (Å²) >= 11 is 7.81. The molecule has 1 fully saturated rings. The lowest BCUT2D eigenvalue weighted by Gasteiger charge is -2.36. The number of ether oxygens (including phenoxy) is 3. The van der Waals surface area contributed by atoms with E-state index in [1.54, 1.807) is 40.5 Å². The van der Waals surface area contributed by atoms with Crippen molar-refractivity contribution in [3.63, 3.8) is 0 Å². The van der Waals surface area contributed by atoms with Crippen LogP contribution >= 0.6 is 23.4 Å². The number of aryl methyl sites for hydroxylation is 1. The molecule has 1 atom stereocenters. The summed E-state index contributed by atoms with van der Waals surface area (Å²) < 4.78 is 32.6. The Morgan fingerprint density at radius 3 is 2.57 bits per heavy atom. The van der Waals surface area contributed by atoms with Crippen LogP contribution < -0.4 is 10.6 Å². The van der Waals surface area contributed by atoms with E-state index >= 15 is 0 Å². The Bertz CT molecular complexity index is 1550. The van der Waals surface area contributed by atoms with Crippen molar-refractivity contribution in [1.82, 2.24) is 14.5 Å². The Labute approximate surface area is 253 Å². The summed E-state index contributed by atoms with van der Waals surface area (Å²) in [6, 6.07) is 6.74. The first-order valence-electron chi connectivity index (χ1n) is 14.0. The van der Waals surface area contributed by atoms with Crippen LogP contribution in [0.1, 0.15) is 26.3 Å². The molecule has 2 aliphatic heterocycles. The third-order valence-electron chi connectivity index (χ3n) is 7.28. The van der Waals surface area contributed by atoms with Crippen molar-refractivity contribution in [1.29, 1.82) is 0 Å². The number of halogens is 2. The topological polar surface area (TPSA) is 86.1 Å². The summed E-state index contributed by atoms with van der Waals surface area (Å²) in [5.41, 5.74) is 2.43. The zero-order chi connectivity index (χ0) is 30.2. The van der Waals surface area contributed by atoms with Crippen LogP contribution in [-0.2, 0) is 20.8 Å². The van der Waals surface area contributed by atoms with Crippen LogP contribution in [0.2, 0.25) is 5.02 Å². The molecule has 42 heavy (non-hydrogen) atoms. The van der Waals surface area contributed by atoms with Crippen molar-refractivity contribution in [2.75, 3.05) is 57.2 Å². The molecule has 9 nitrogen and oxygen atoms in total. The predicted molar refractivity (Wildman–Crippen MR) is 164 cm³/mol. The van der Waals surface area contributed by atoms with Crippen molar-refractivity contribution < 1.29 is 23.4 Å². The number of methoxy groups -OCH3 is 1. The van der Waals surface area contributed by atoms with Gasteiger partial charge in [-0.3, -0.25) is 4.57 Å². The molecule has 0 unspecified atom stereocenters. The lowest BCUT2D eigenvalue weighted by atomic mass is 9.97. The fraction of sp³-hybridized carbons (Fsp3) is 0.500. The Morgan fingerprint density at radius 1 is 1.17 bits per heavy atom. The van der Waals surface area contributed by atoms with Gasteiger partial charge in [0.1, 0.15) is 17.2 Å². The number of piperazine rings is 1. The first kappa shape index (κ1) is 30.6. The Balaban J connectivity index is 1.59. The first-order valence-corrected chi connectivity index (χ1v) is 15.3. The van der Waals surface area contributed by atoms with E-state index in [2.05, 4.69) is 9.88 Å². The van der Waals surface area contributed by atoms with Gasteiger partial charge in [0.15, 0.2) is 0 Å². The minimum Gasteiger partial charge on any atom is -0.444 e. The second kappa shape index (κ2) is 12.4. The van der Waals surface area contributed by atoms with Gasteiger partial charge < -0.3 is 24.0 Å². The quantitative estimate of drug-likeness (QED) is 0.342. The lowest BCUT2D eigenvalue weighted by Crippen LogP contribution is -2.50. The van der Waals surface area contributed by atoms with Crippen LogP contribution in [0.5, 0.6) is 0 Å². The largest absolute Gasteiger partial charge is 0.444 e. The standard InChI is InChI=1S/C30H36ClFN4O5S/c1-18-14-21-25-26(24(18)19-6-7-23(32)22(31)15-19)42-17-20(40-13-12-39-5)16-36(25)28(37)33-27(21)34-8-10-35(11-9-34)29(38)41-30(2,3)4/h6-7,14-15,20H,8-13,16-17H2,1-5H3/t20-/m0/s1. The van der Waals surface area contributed by atoms with Gasteiger partial charge in [0.25, 0.3) is 0 Å². The molecule has 3 aromatic rings. The van der Waals surface area contributed by atoms with E-state index in [0.717, 1.165) is 32.5 Å². The minimum absolute atomic E-state index is 0.0364. The van der Waals surface area contributed by atoms with E-state index in [9.17, 15) is 14.0 Å². The highest BCUT2D eigenvalue weighted by Crippen LogP contribution is 2.44. The van der Waals surface area contributed by atoms with E-state index in [1.165, 1.54) is 6.07 Å². The van der Waals surface area contributed by atoms with Crippen LogP contribution in [0, 0.1) is 12.7 Å². The smallest absolute Gasteiger partial charge is 0.410 e. The van der Waals surface area contributed by atoms with Crippen molar-refractivity contribution >= 4 is 46.2 Å². The van der Waals surface area contributed by atoms with E-state index in [1.807, 2.05) is 33.8 Å². The number of benzene rings is 2. The highest BCUT2D eigenvalue weighted by Gasteiger charge is 2.31. The van der Waals surface area contributed by atoms with Gasteiger partial charge in [0.2, 0.25) is 0 Å². The zero-order valence-corrected chi connectivity index (χ0v) is 26.1. The predicted octanol–water partition coefficient (Wildman–Crippen LogP) is 5.36. The van der Waals surface area contributed by atoms with Crippen molar-refractivity contribution in [2.24, 2.45) is 0 Å². The molecule has 0 aliphatic carbocycles. The van der Waals surface area contributed by atoms with Gasteiger partial charge in [-0.1, -0.05) is 17.7 Å². The van der Waals surface area contributed by atoms with E-state index in [4.69, 9.17) is 25.8 Å². The third kappa shape index (κ3) is 6.39. The Hall–Kier alpha value is -2.86. The molecule has 0 saturated carbocycles. The van der Waals surface area contributed by atoms with Crippen molar-refractivity contribution in [2.45, 2.75) is 50.8 Å². The number of rotatable bonds is 6.